The van der Waals surface area contributed by atoms with Gasteiger partial charge in [-0.05, 0) is 22.0 Å². The first-order chi connectivity index (χ1) is 7.19. The predicted octanol–water partition coefficient (Wildman–Crippen LogP) is 2.67. The quantitative estimate of drug-likeness (QED) is 0.781. The molecule has 0 aliphatic heterocycles. The monoisotopic (exact) mass is 292 g/mol. The Hall–Kier alpha value is -0.320. The van der Waals surface area contributed by atoms with E-state index >= 15 is 0 Å². The lowest BCUT2D eigenvalue weighted by molar-refractivity contribution is 0.206. The second-order valence-corrected chi connectivity index (χ2v) is 4.37. The van der Waals surface area contributed by atoms with Crippen molar-refractivity contribution >= 4 is 33.3 Å². The predicted molar refractivity (Wildman–Crippen MR) is 66.6 cm³/mol. The third kappa shape index (κ3) is 3.63. The third-order valence-electron chi connectivity index (χ3n) is 2.05. The number of methoxy groups -OCH3 is 1. The molecule has 0 spiro atoms. The molecule has 15 heavy (non-hydrogen) atoms. The molecule has 0 N–H and O–H groups in total. The van der Waals surface area contributed by atoms with E-state index in [1.54, 1.807) is 13.3 Å². The maximum atomic E-state index is 5.86. The number of nitrogens with zero attached hydrogens (tertiary/aromatic N) is 2. The first kappa shape index (κ1) is 12.7. The molecule has 0 unspecified atom stereocenters. The van der Waals surface area contributed by atoms with E-state index in [1.165, 1.54) is 0 Å². The van der Waals surface area contributed by atoms with Gasteiger partial charge in [0.1, 0.15) is 5.82 Å². The van der Waals surface area contributed by atoms with Crippen LogP contribution in [0.2, 0.25) is 0 Å². The van der Waals surface area contributed by atoms with E-state index < -0.39 is 0 Å². The van der Waals surface area contributed by atoms with Gasteiger partial charge in [0.25, 0.3) is 0 Å². The minimum absolute atomic E-state index is 0.457. The van der Waals surface area contributed by atoms with Crippen LogP contribution in [0.25, 0.3) is 0 Å². The number of alkyl halides is 1. The van der Waals surface area contributed by atoms with Crippen molar-refractivity contribution in [2.24, 2.45) is 0 Å². The zero-order valence-corrected chi connectivity index (χ0v) is 11.2. The van der Waals surface area contributed by atoms with Gasteiger partial charge in [0.15, 0.2) is 0 Å². The molecule has 1 aromatic heterocycles. The summed E-state index contributed by atoms with van der Waals surface area (Å²) in [5.41, 5.74) is 1.02. The largest absolute Gasteiger partial charge is 0.383 e. The van der Waals surface area contributed by atoms with Gasteiger partial charge in [0.05, 0.1) is 12.5 Å². The average Bonchev–Trinajstić information content (AvgIpc) is 2.25. The molecular formula is C10H14BrClN2O. The molecule has 84 valence electrons. The van der Waals surface area contributed by atoms with Gasteiger partial charge in [0, 0.05) is 36.9 Å². The SMILES string of the molecule is COCCN(C)c1ncc(Br)cc1CCl. The third-order valence-corrected chi connectivity index (χ3v) is 2.77. The summed E-state index contributed by atoms with van der Waals surface area (Å²) in [4.78, 5) is 6.38. The van der Waals surface area contributed by atoms with E-state index in [0.29, 0.717) is 12.5 Å². The Balaban J connectivity index is 2.82. The molecule has 0 aromatic carbocycles. The fourth-order valence-corrected chi connectivity index (χ4v) is 1.83. The van der Waals surface area contributed by atoms with Crippen molar-refractivity contribution in [2.75, 3.05) is 32.2 Å². The first-order valence-corrected chi connectivity index (χ1v) is 5.92. The van der Waals surface area contributed by atoms with Crippen molar-refractivity contribution in [1.29, 1.82) is 0 Å². The minimum Gasteiger partial charge on any atom is -0.383 e. The van der Waals surface area contributed by atoms with Gasteiger partial charge in [-0.25, -0.2) is 4.98 Å². The Bertz CT molecular complexity index is 322. The maximum absolute atomic E-state index is 5.86. The van der Waals surface area contributed by atoms with Crippen molar-refractivity contribution in [3.8, 4) is 0 Å². The van der Waals surface area contributed by atoms with Crippen molar-refractivity contribution in [3.05, 3.63) is 22.3 Å². The van der Waals surface area contributed by atoms with Crippen LogP contribution in [0.3, 0.4) is 0 Å². The van der Waals surface area contributed by atoms with Crippen LogP contribution in [-0.2, 0) is 10.6 Å². The Kier molecular flexibility index (Phi) is 5.36. The van der Waals surface area contributed by atoms with Crippen molar-refractivity contribution < 1.29 is 4.74 Å². The molecule has 0 aliphatic carbocycles. The molecular weight excluding hydrogens is 279 g/mol. The normalized spacial score (nSPS) is 10.4. The zero-order chi connectivity index (χ0) is 11.3. The number of hydrogen-bond acceptors (Lipinski definition) is 3. The number of ether oxygens (including phenoxy) is 1. The smallest absolute Gasteiger partial charge is 0.132 e. The van der Waals surface area contributed by atoms with Crippen LogP contribution in [-0.4, -0.2) is 32.3 Å². The highest BCUT2D eigenvalue weighted by Gasteiger charge is 2.08. The molecule has 1 heterocycles. The van der Waals surface area contributed by atoms with Gasteiger partial charge in [-0.3, -0.25) is 0 Å². The van der Waals surface area contributed by atoms with Gasteiger partial charge >= 0.3 is 0 Å². The summed E-state index contributed by atoms with van der Waals surface area (Å²) in [6, 6.07) is 1.98. The lowest BCUT2D eigenvalue weighted by Crippen LogP contribution is -2.24. The van der Waals surface area contributed by atoms with Crippen LogP contribution >= 0.6 is 27.5 Å². The molecule has 1 aromatic rings. The van der Waals surface area contributed by atoms with Crippen LogP contribution in [0.5, 0.6) is 0 Å². The number of pyridine rings is 1. The lowest BCUT2D eigenvalue weighted by Gasteiger charge is -2.20. The summed E-state index contributed by atoms with van der Waals surface area (Å²) in [5.74, 6) is 1.37. The van der Waals surface area contributed by atoms with E-state index in [1.807, 2.05) is 18.0 Å². The highest BCUT2D eigenvalue weighted by Crippen LogP contribution is 2.22. The Labute approximate surface area is 104 Å². The maximum Gasteiger partial charge on any atom is 0.132 e. The molecule has 0 saturated carbocycles. The zero-order valence-electron chi connectivity index (χ0n) is 8.83. The molecule has 1 rings (SSSR count). The number of likely N-dealkylation sites (N-methyl/N-ethyl adjacent to an activating group) is 1. The van der Waals surface area contributed by atoms with Crippen molar-refractivity contribution in [1.82, 2.24) is 4.98 Å². The number of halogens is 2. The standard InChI is InChI=1S/C10H14BrClN2O/c1-14(3-4-15-2)10-8(6-12)5-9(11)7-13-10/h5,7H,3-4,6H2,1-2H3. The molecule has 0 amide bonds. The topological polar surface area (TPSA) is 25.4 Å². The second kappa shape index (κ2) is 6.30. The van der Waals surface area contributed by atoms with E-state index in [-0.39, 0.29) is 0 Å². The Morgan fingerprint density at radius 3 is 2.93 bits per heavy atom. The number of rotatable bonds is 5. The molecule has 0 atom stereocenters. The summed E-state index contributed by atoms with van der Waals surface area (Å²) in [5, 5.41) is 0. The summed E-state index contributed by atoms with van der Waals surface area (Å²) < 4.78 is 5.97. The van der Waals surface area contributed by atoms with Gasteiger partial charge in [-0.2, -0.15) is 0 Å². The van der Waals surface area contributed by atoms with E-state index in [9.17, 15) is 0 Å². The van der Waals surface area contributed by atoms with E-state index in [2.05, 4.69) is 20.9 Å². The number of aromatic nitrogens is 1. The lowest BCUT2D eigenvalue weighted by atomic mass is 10.3. The Morgan fingerprint density at radius 1 is 1.60 bits per heavy atom. The van der Waals surface area contributed by atoms with Gasteiger partial charge in [-0.15, -0.1) is 11.6 Å². The molecule has 0 radical (unpaired) electrons. The highest BCUT2D eigenvalue weighted by atomic mass is 79.9. The summed E-state index contributed by atoms with van der Waals surface area (Å²) in [6.07, 6.45) is 1.77. The van der Waals surface area contributed by atoms with Crippen LogP contribution in [0.15, 0.2) is 16.7 Å². The molecule has 0 bridgehead atoms. The molecule has 0 saturated heterocycles. The van der Waals surface area contributed by atoms with Crippen LogP contribution in [0, 0.1) is 0 Å². The van der Waals surface area contributed by atoms with Crippen LogP contribution in [0.1, 0.15) is 5.56 Å². The summed E-state index contributed by atoms with van der Waals surface area (Å²) >= 11 is 9.24. The van der Waals surface area contributed by atoms with Crippen LogP contribution < -0.4 is 4.90 Å². The molecule has 5 heteroatoms. The van der Waals surface area contributed by atoms with Crippen LogP contribution in [0.4, 0.5) is 5.82 Å². The fourth-order valence-electron chi connectivity index (χ4n) is 1.25. The van der Waals surface area contributed by atoms with E-state index in [0.717, 1.165) is 22.4 Å². The molecule has 3 nitrogen and oxygen atoms in total. The summed E-state index contributed by atoms with van der Waals surface area (Å²) in [6.45, 7) is 1.48. The van der Waals surface area contributed by atoms with E-state index in [4.69, 9.17) is 16.3 Å². The second-order valence-electron chi connectivity index (χ2n) is 3.18. The molecule has 0 fully saturated rings. The highest BCUT2D eigenvalue weighted by molar-refractivity contribution is 9.10. The minimum atomic E-state index is 0.457. The van der Waals surface area contributed by atoms with Gasteiger partial charge < -0.3 is 9.64 Å². The summed E-state index contributed by atoms with van der Waals surface area (Å²) in [7, 11) is 3.66. The number of anilines is 1. The first-order valence-electron chi connectivity index (χ1n) is 4.59. The van der Waals surface area contributed by atoms with Gasteiger partial charge in [-0.1, -0.05) is 0 Å². The van der Waals surface area contributed by atoms with Crippen molar-refractivity contribution in [3.63, 3.8) is 0 Å². The van der Waals surface area contributed by atoms with Crippen molar-refractivity contribution in [2.45, 2.75) is 5.88 Å². The Morgan fingerprint density at radius 2 is 2.33 bits per heavy atom. The van der Waals surface area contributed by atoms with Gasteiger partial charge in [0.2, 0.25) is 0 Å². The number of hydrogen-bond donors (Lipinski definition) is 0. The fraction of sp³-hybridized carbons (Fsp3) is 0.500. The molecule has 0 aliphatic rings. The average molecular weight is 294 g/mol.